The minimum atomic E-state index is -0.586. The van der Waals surface area contributed by atoms with Crippen LogP contribution in [-0.4, -0.2) is 15.1 Å². The lowest BCUT2D eigenvalue weighted by molar-refractivity contribution is -0.0560. The standard InChI is InChI=1S/C29H51OSi/c1-20(2)9-8-10-21(3)25-13-14-26-24-12-11-22-19-23(30-31(6)7)15-17-28(22,4)27(24)16-18-29(25,26)5/h11,20-21,23-27H,8-10,12-19H2,1-7H3/t21-,23+,24+,25-,26+,27+,28+,29-/m1/s1. The molecular weight excluding hydrogens is 392 g/mol. The normalized spacial score (nSPS) is 43.4. The third-order valence-corrected chi connectivity index (χ3v) is 11.5. The first-order chi connectivity index (χ1) is 14.6. The number of hydrogen-bond donors (Lipinski definition) is 0. The highest BCUT2D eigenvalue weighted by molar-refractivity contribution is 6.48. The molecule has 4 aliphatic rings. The lowest BCUT2D eigenvalue weighted by atomic mass is 9.47. The molecule has 0 N–H and O–H groups in total. The molecule has 4 rings (SSSR count). The van der Waals surface area contributed by atoms with Crippen molar-refractivity contribution in [3.63, 3.8) is 0 Å². The smallest absolute Gasteiger partial charge is 0.205 e. The minimum absolute atomic E-state index is 0.472. The first-order valence-corrected chi connectivity index (χ1v) is 16.2. The number of fused-ring (bicyclic) bond motifs is 5. The molecule has 177 valence electrons. The third-order valence-electron chi connectivity index (χ3n) is 10.7. The number of hydrogen-bond acceptors (Lipinski definition) is 1. The van der Waals surface area contributed by atoms with E-state index in [1.54, 1.807) is 5.57 Å². The van der Waals surface area contributed by atoms with Crippen molar-refractivity contribution in [2.45, 2.75) is 124 Å². The van der Waals surface area contributed by atoms with Crippen molar-refractivity contribution >= 4 is 9.04 Å². The van der Waals surface area contributed by atoms with E-state index in [1.807, 2.05) is 0 Å². The molecule has 0 spiro atoms. The quantitative estimate of drug-likeness (QED) is 0.282. The van der Waals surface area contributed by atoms with E-state index in [9.17, 15) is 0 Å². The van der Waals surface area contributed by atoms with Gasteiger partial charge in [0.05, 0.1) is 0 Å². The Morgan fingerprint density at radius 2 is 1.77 bits per heavy atom. The fourth-order valence-corrected chi connectivity index (χ4v) is 9.95. The Hall–Kier alpha value is -0.0831. The molecule has 0 heterocycles. The summed E-state index contributed by atoms with van der Waals surface area (Å²) < 4.78 is 6.35. The van der Waals surface area contributed by atoms with Crippen LogP contribution < -0.4 is 0 Å². The van der Waals surface area contributed by atoms with Gasteiger partial charge >= 0.3 is 0 Å². The van der Waals surface area contributed by atoms with Crippen molar-refractivity contribution in [3.05, 3.63) is 11.6 Å². The van der Waals surface area contributed by atoms with Crippen molar-refractivity contribution in [2.75, 3.05) is 0 Å². The molecule has 0 aromatic carbocycles. The summed E-state index contributed by atoms with van der Waals surface area (Å²) in [5.74, 6) is 5.63. The van der Waals surface area contributed by atoms with E-state index < -0.39 is 9.04 Å². The predicted octanol–water partition coefficient (Wildman–Crippen LogP) is 8.66. The topological polar surface area (TPSA) is 9.23 Å². The average Bonchev–Trinajstić information content (AvgIpc) is 3.05. The monoisotopic (exact) mass is 443 g/mol. The van der Waals surface area contributed by atoms with Crippen LogP contribution in [0.2, 0.25) is 13.1 Å². The highest BCUT2D eigenvalue weighted by Crippen LogP contribution is 2.67. The summed E-state index contributed by atoms with van der Waals surface area (Å²) in [6.07, 6.45) is 18.8. The Morgan fingerprint density at radius 3 is 2.48 bits per heavy atom. The summed E-state index contributed by atoms with van der Waals surface area (Å²) in [7, 11) is -0.586. The molecule has 0 unspecified atom stereocenters. The minimum Gasteiger partial charge on any atom is -0.414 e. The van der Waals surface area contributed by atoms with Gasteiger partial charge in [-0.25, -0.2) is 0 Å². The Labute approximate surface area is 195 Å². The fraction of sp³-hybridized carbons (Fsp3) is 0.931. The van der Waals surface area contributed by atoms with Gasteiger partial charge in [0.25, 0.3) is 0 Å². The van der Waals surface area contributed by atoms with Gasteiger partial charge in [-0.15, -0.1) is 0 Å². The highest BCUT2D eigenvalue weighted by Gasteiger charge is 2.59. The van der Waals surface area contributed by atoms with E-state index in [2.05, 4.69) is 53.8 Å². The van der Waals surface area contributed by atoms with Gasteiger partial charge in [-0.3, -0.25) is 0 Å². The number of rotatable bonds is 7. The molecule has 0 aromatic rings. The largest absolute Gasteiger partial charge is 0.414 e. The molecule has 3 fully saturated rings. The Kier molecular flexibility index (Phi) is 7.20. The maximum absolute atomic E-state index is 6.35. The molecule has 2 heteroatoms. The SMILES string of the molecule is CC(C)CCC[C@@H](C)[C@H]1CC[C@H]2[C@@H]3CC=C4C[C@@H](O[Si](C)C)CC[C@]4(C)[C@H]3CC[C@]12C. The second-order valence-electron chi connectivity index (χ2n) is 13.2. The lowest BCUT2D eigenvalue weighted by Crippen LogP contribution is -2.51. The Bertz CT molecular complexity index is 653. The van der Waals surface area contributed by atoms with Gasteiger partial charge in [0, 0.05) is 6.10 Å². The van der Waals surface area contributed by atoms with Gasteiger partial charge in [0.15, 0.2) is 0 Å². The van der Waals surface area contributed by atoms with E-state index in [4.69, 9.17) is 4.43 Å². The van der Waals surface area contributed by atoms with Crippen LogP contribution in [0.5, 0.6) is 0 Å². The van der Waals surface area contributed by atoms with Crippen molar-refractivity contribution in [3.8, 4) is 0 Å². The molecule has 0 aromatic heterocycles. The summed E-state index contributed by atoms with van der Waals surface area (Å²) in [6.45, 7) is 17.3. The summed E-state index contributed by atoms with van der Waals surface area (Å²) in [4.78, 5) is 0. The summed E-state index contributed by atoms with van der Waals surface area (Å²) in [6, 6.07) is 0. The van der Waals surface area contributed by atoms with E-state index in [0.717, 1.165) is 35.5 Å². The lowest BCUT2D eigenvalue weighted by Gasteiger charge is -2.58. The zero-order valence-electron chi connectivity index (χ0n) is 21.8. The van der Waals surface area contributed by atoms with Gasteiger partial charge in [0.2, 0.25) is 9.04 Å². The van der Waals surface area contributed by atoms with Crippen LogP contribution in [0.25, 0.3) is 0 Å². The molecule has 8 atom stereocenters. The Morgan fingerprint density at radius 1 is 1.00 bits per heavy atom. The molecule has 3 saturated carbocycles. The molecule has 0 saturated heterocycles. The molecule has 0 bridgehead atoms. The van der Waals surface area contributed by atoms with Crippen LogP contribution in [0, 0.1) is 46.3 Å². The first kappa shape index (κ1) is 24.1. The van der Waals surface area contributed by atoms with E-state index in [-0.39, 0.29) is 0 Å². The molecule has 4 aliphatic carbocycles. The first-order valence-electron chi connectivity index (χ1n) is 13.8. The van der Waals surface area contributed by atoms with Gasteiger partial charge in [-0.2, -0.15) is 0 Å². The second-order valence-corrected chi connectivity index (χ2v) is 15.2. The van der Waals surface area contributed by atoms with E-state index in [1.165, 1.54) is 70.6 Å². The second kappa shape index (κ2) is 9.28. The van der Waals surface area contributed by atoms with Crippen LogP contribution in [0.1, 0.15) is 105 Å². The third kappa shape index (κ3) is 4.51. The molecule has 0 amide bonds. The van der Waals surface area contributed by atoms with Gasteiger partial charge in [-0.1, -0.05) is 65.5 Å². The zero-order chi connectivity index (χ0) is 22.4. The van der Waals surface area contributed by atoms with Crippen molar-refractivity contribution in [2.24, 2.45) is 46.3 Å². The molecule has 1 nitrogen and oxygen atoms in total. The predicted molar refractivity (Wildman–Crippen MR) is 135 cm³/mol. The fourth-order valence-electron chi connectivity index (χ4n) is 9.09. The van der Waals surface area contributed by atoms with E-state index >= 15 is 0 Å². The van der Waals surface area contributed by atoms with Crippen LogP contribution >= 0.6 is 0 Å². The van der Waals surface area contributed by atoms with Crippen LogP contribution in [0.15, 0.2) is 11.6 Å². The molecule has 0 aliphatic heterocycles. The summed E-state index contributed by atoms with van der Waals surface area (Å²) in [5, 5.41) is 0. The van der Waals surface area contributed by atoms with Gasteiger partial charge < -0.3 is 4.43 Å². The van der Waals surface area contributed by atoms with E-state index in [0.29, 0.717) is 16.9 Å². The zero-order valence-corrected chi connectivity index (χ0v) is 22.8. The van der Waals surface area contributed by atoms with Crippen molar-refractivity contribution < 1.29 is 4.43 Å². The summed E-state index contributed by atoms with van der Waals surface area (Å²) in [5.41, 5.74) is 2.87. The van der Waals surface area contributed by atoms with Crippen LogP contribution in [0.3, 0.4) is 0 Å². The highest BCUT2D eigenvalue weighted by atomic mass is 28.3. The Balaban J connectivity index is 1.46. The van der Waals surface area contributed by atoms with Crippen LogP contribution in [0.4, 0.5) is 0 Å². The average molecular weight is 444 g/mol. The molecule has 1 radical (unpaired) electrons. The van der Waals surface area contributed by atoms with Crippen molar-refractivity contribution in [1.82, 2.24) is 0 Å². The van der Waals surface area contributed by atoms with Crippen LogP contribution in [-0.2, 0) is 4.43 Å². The number of allylic oxidation sites excluding steroid dienone is 1. The maximum atomic E-state index is 6.35. The summed E-state index contributed by atoms with van der Waals surface area (Å²) >= 11 is 0. The molecule has 31 heavy (non-hydrogen) atoms. The van der Waals surface area contributed by atoms with Gasteiger partial charge in [0.1, 0.15) is 0 Å². The van der Waals surface area contributed by atoms with Gasteiger partial charge in [-0.05, 0) is 111 Å². The maximum Gasteiger partial charge on any atom is 0.205 e. The molecular formula is C29H51OSi. The van der Waals surface area contributed by atoms with Crippen molar-refractivity contribution in [1.29, 1.82) is 0 Å².